The molecule has 3 fully saturated rings. The number of H-pyrrole nitrogens is 1. The molecule has 0 saturated heterocycles. The summed E-state index contributed by atoms with van der Waals surface area (Å²) in [4.78, 5) is 24.0. The Morgan fingerprint density at radius 1 is 1.24 bits per heavy atom. The summed E-state index contributed by atoms with van der Waals surface area (Å²) in [7, 11) is 0. The zero-order chi connectivity index (χ0) is 22.7. The van der Waals surface area contributed by atoms with Crippen LogP contribution in [0.3, 0.4) is 0 Å². The maximum Gasteiger partial charge on any atom is 0.308 e. The molecule has 4 aromatic rings. The number of aromatic nitrogens is 5. The second kappa shape index (κ2) is 7.51. The number of pyridine rings is 1. The third kappa shape index (κ3) is 3.16. The highest BCUT2D eigenvalue weighted by atomic mass is 19.1. The fourth-order valence-electron chi connectivity index (χ4n) is 5.72. The number of nitrogens with zero attached hydrogens (tertiary/aromatic N) is 4. The van der Waals surface area contributed by atoms with Gasteiger partial charge in [0, 0.05) is 23.2 Å². The van der Waals surface area contributed by atoms with Crippen molar-refractivity contribution in [2.24, 2.45) is 17.8 Å². The summed E-state index contributed by atoms with van der Waals surface area (Å²) in [5, 5.41) is 28.4. The molecular formula is C23H23FN6O3. The summed E-state index contributed by atoms with van der Waals surface area (Å²) in [5.41, 5.74) is 2.30. The average Bonchev–Trinajstić information content (AvgIpc) is 3.43. The lowest BCUT2D eigenvalue weighted by atomic mass is 9.61. The molecule has 2 atom stereocenters. The first kappa shape index (κ1) is 20.1. The number of hydrogen-bond acceptors (Lipinski definition) is 6. The number of carboxylic acid groups (broad SMARTS) is 1. The first-order valence-corrected chi connectivity index (χ1v) is 11.2. The van der Waals surface area contributed by atoms with Gasteiger partial charge in [-0.15, -0.1) is 5.10 Å². The van der Waals surface area contributed by atoms with Crippen LogP contribution in [0.1, 0.15) is 31.4 Å². The molecule has 0 spiro atoms. The molecule has 4 heterocycles. The lowest BCUT2D eigenvalue weighted by molar-refractivity contribution is -0.148. The number of halogens is 1. The minimum atomic E-state index is -0.781. The average molecular weight is 450 g/mol. The molecule has 33 heavy (non-hydrogen) atoms. The quantitative estimate of drug-likeness (QED) is 0.368. The molecule has 0 aromatic carbocycles. The number of hydrogen-bond donors (Lipinski definition) is 4. The largest absolute Gasteiger partial charge is 0.481 e. The minimum absolute atomic E-state index is 0.157. The highest BCUT2D eigenvalue weighted by Crippen LogP contribution is 2.46. The number of aromatic amines is 1. The van der Waals surface area contributed by atoms with Gasteiger partial charge in [0.1, 0.15) is 17.0 Å². The van der Waals surface area contributed by atoms with E-state index in [-0.39, 0.29) is 24.5 Å². The first-order valence-electron chi connectivity index (χ1n) is 11.2. The summed E-state index contributed by atoms with van der Waals surface area (Å²) in [5.74, 6) is -0.489. The van der Waals surface area contributed by atoms with Gasteiger partial charge in [-0.25, -0.2) is 18.9 Å². The number of rotatable bonds is 5. The van der Waals surface area contributed by atoms with Crippen LogP contribution in [0.25, 0.3) is 27.9 Å². The topological polar surface area (TPSA) is 128 Å². The minimum Gasteiger partial charge on any atom is -0.481 e. The molecule has 170 valence electrons. The molecule has 0 unspecified atom stereocenters. The van der Waals surface area contributed by atoms with Gasteiger partial charge >= 0.3 is 5.97 Å². The Morgan fingerprint density at radius 3 is 2.79 bits per heavy atom. The number of fused-ring (bicyclic) bond motifs is 5. The molecule has 7 rings (SSSR count). The number of aliphatic hydroxyl groups excluding tert-OH is 1. The van der Waals surface area contributed by atoms with E-state index in [0.29, 0.717) is 39.4 Å². The van der Waals surface area contributed by atoms with Crippen molar-refractivity contribution >= 4 is 28.3 Å². The molecule has 2 bridgehead atoms. The van der Waals surface area contributed by atoms with Gasteiger partial charge in [-0.05, 0) is 55.7 Å². The van der Waals surface area contributed by atoms with Crippen molar-refractivity contribution in [1.82, 2.24) is 24.6 Å². The fourth-order valence-corrected chi connectivity index (χ4v) is 5.72. The van der Waals surface area contributed by atoms with Crippen LogP contribution in [-0.4, -0.2) is 46.8 Å². The molecule has 9 nitrogen and oxygen atoms in total. The number of aliphatic carboxylic acids is 1. The van der Waals surface area contributed by atoms with E-state index in [1.54, 1.807) is 16.8 Å². The lowest BCUT2D eigenvalue weighted by Gasteiger charge is -2.47. The molecule has 3 aliphatic rings. The Morgan fingerprint density at radius 2 is 2.03 bits per heavy atom. The van der Waals surface area contributed by atoms with Gasteiger partial charge in [-0.1, -0.05) is 0 Å². The van der Waals surface area contributed by atoms with Crippen LogP contribution in [0.15, 0.2) is 30.6 Å². The number of carbonyl (C=O) groups is 1. The van der Waals surface area contributed by atoms with Crippen molar-refractivity contribution in [3.05, 3.63) is 42.1 Å². The van der Waals surface area contributed by atoms with Crippen LogP contribution < -0.4 is 5.32 Å². The maximum absolute atomic E-state index is 13.9. The first-order chi connectivity index (χ1) is 16.0. The zero-order valence-electron chi connectivity index (χ0n) is 17.7. The van der Waals surface area contributed by atoms with Crippen molar-refractivity contribution in [3.63, 3.8) is 0 Å². The van der Waals surface area contributed by atoms with Crippen LogP contribution in [-0.2, 0) is 11.4 Å². The second-order valence-corrected chi connectivity index (χ2v) is 9.02. The number of nitrogens with one attached hydrogen (secondary N) is 2. The molecule has 0 radical (unpaired) electrons. The molecule has 4 N–H and O–H groups in total. The molecule has 4 aromatic heterocycles. The van der Waals surface area contributed by atoms with Crippen LogP contribution >= 0.6 is 0 Å². The molecule has 3 saturated carbocycles. The Bertz CT molecular complexity index is 1370. The van der Waals surface area contributed by atoms with Crippen molar-refractivity contribution in [2.45, 2.75) is 38.3 Å². The van der Waals surface area contributed by atoms with E-state index in [1.807, 2.05) is 6.07 Å². The van der Waals surface area contributed by atoms with Crippen LogP contribution in [0.4, 0.5) is 10.2 Å². The Hall–Kier alpha value is -3.53. The van der Waals surface area contributed by atoms with E-state index in [0.717, 1.165) is 31.9 Å². The molecule has 0 amide bonds. The summed E-state index contributed by atoms with van der Waals surface area (Å²) in [6, 6.07) is 4.70. The third-order valence-electron chi connectivity index (χ3n) is 7.30. The van der Waals surface area contributed by atoms with Gasteiger partial charge in [-0.2, -0.15) is 0 Å². The molecule has 10 heteroatoms. The van der Waals surface area contributed by atoms with E-state index in [4.69, 9.17) is 4.98 Å². The molecule has 3 aliphatic carbocycles. The van der Waals surface area contributed by atoms with Crippen molar-refractivity contribution in [3.8, 4) is 11.4 Å². The van der Waals surface area contributed by atoms with E-state index >= 15 is 0 Å². The van der Waals surface area contributed by atoms with Crippen LogP contribution in [0, 0.1) is 23.6 Å². The monoisotopic (exact) mass is 450 g/mol. The lowest BCUT2D eigenvalue weighted by Crippen LogP contribution is -2.51. The molecular weight excluding hydrogens is 427 g/mol. The third-order valence-corrected chi connectivity index (χ3v) is 7.30. The summed E-state index contributed by atoms with van der Waals surface area (Å²) < 4.78 is 15.5. The van der Waals surface area contributed by atoms with E-state index < -0.39 is 17.7 Å². The van der Waals surface area contributed by atoms with E-state index in [9.17, 15) is 19.4 Å². The van der Waals surface area contributed by atoms with Crippen LogP contribution in [0.5, 0.6) is 0 Å². The van der Waals surface area contributed by atoms with Gasteiger partial charge in [0.25, 0.3) is 0 Å². The van der Waals surface area contributed by atoms with Gasteiger partial charge in [0.15, 0.2) is 11.6 Å². The number of carboxylic acids is 1. The normalized spacial score (nSPS) is 24.5. The van der Waals surface area contributed by atoms with E-state index in [1.165, 1.54) is 6.07 Å². The predicted octanol–water partition coefficient (Wildman–Crippen LogP) is 3.21. The van der Waals surface area contributed by atoms with Crippen LogP contribution in [0.2, 0.25) is 0 Å². The smallest absolute Gasteiger partial charge is 0.308 e. The highest BCUT2D eigenvalue weighted by molar-refractivity contribution is 5.92. The fraction of sp³-hybridized carbons (Fsp3) is 0.391. The van der Waals surface area contributed by atoms with Gasteiger partial charge in [-0.3, -0.25) is 4.79 Å². The second-order valence-electron chi connectivity index (χ2n) is 9.02. The molecule has 0 aliphatic heterocycles. The SMILES string of the molecule is O=C(O)[C@H]1C2CCC(CC2)[C@@H]1Nc1nc(-c2c[nH]c3ncc(F)cc23)nn2c(CO)ccc12. The number of aliphatic hydroxyl groups is 1. The summed E-state index contributed by atoms with van der Waals surface area (Å²) in [6.07, 6.45) is 6.69. The highest BCUT2D eigenvalue weighted by Gasteiger charge is 2.47. The van der Waals surface area contributed by atoms with Gasteiger partial charge in [0.2, 0.25) is 0 Å². The van der Waals surface area contributed by atoms with Gasteiger partial charge in [0.05, 0.1) is 24.4 Å². The number of anilines is 1. The standard InChI is InChI=1S/C23H23FN6O3/c24-13-7-15-16(9-26-20(15)25-8-13)21-28-22(17-6-5-14(10-31)30(17)29-21)27-19-12-3-1-11(2-4-12)18(19)23(32)33/h5-9,11-12,18-19,31H,1-4,10H2,(H,25,26)(H,32,33)(H,27,28,29)/t11?,12?,18-,19-/m0/s1. The zero-order valence-corrected chi connectivity index (χ0v) is 17.7. The van der Waals surface area contributed by atoms with Crippen molar-refractivity contribution in [1.29, 1.82) is 0 Å². The van der Waals surface area contributed by atoms with Crippen molar-refractivity contribution in [2.75, 3.05) is 5.32 Å². The Kier molecular flexibility index (Phi) is 4.58. The van der Waals surface area contributed by atoms with Crippen molar-refractivity contribution < 1.29 is 19.4 Å². The van der Waals surface area contributed by atoms with E-state index in [2.05, 4.69) is 20.4 Å². The Labute approximate surface area is 187 Å². The van der Waals surface area contributed by atoms with Gasteiger partial charge < -0.3 is 20.5 Å². The maximum atomic E-state index is 13.9. The summed E-state index contributed by atoms with van der Waals surface area (Å²) in [6.45, 7) is -0.222. The summed E-state index contributed by atoms with van der Waals surface area (Å²) >= 11 is 0. The predicted molar refractivity (Wildman–Crippen MR) is 118 cm³/mol. The Balaban J connectivity index is 1.50.